The van der Waals surface area contributed by atoms with Gasteiger partial charge in [0.05, 0.1) is 7.11 Å². The predicted molar refractivity (Wildman–Crippen MR) is 69.8 cm³/mol. The van der Waals surface area contributed by atoms with Crippen LogP contribution in [0.1, 0.15) is 5.56 Å². The molecule has 0 saturated heterocycles. The molecule has 1 amide bonds. The Labute approximate surface area is 115 Å². The number of halogens is 2. The number of benzene rings is 1. The summed E-state index contributed by atoms with van der Waals surface area (Å²) < 4.78 is 4.63. The van der Waals surface area contributed by atoms with Crippen molar-refractivity contribution < 1.29 is 14.3 Å². The van der Waals surface area contributed by atoms with Gasteiger partial charge in [-0.25, -0.2) is 4.79 Å². The molecule has 1 rings (SSSR count). The summed E-state index contributed by atoms with van der Waals surface area (Å²) in [4.78, 5) is 22.7. The van der Waals surface area contributed by atoms with Crippen molar-refractivity contribution in [2.75, 3.05) is 13.0 Å². The summed E-state index contributed by atoms with van der Waals surface area (Å²) in [6.07, 6.45) is 0.326. The second-order valence-electron chi connectivity index (χ2n) is 3.61. The monoisotopic (exact) mass is 289 g/mol. The minimum Gasteiger partial charge on any atom is -0.467 e. The van der Waals surface area contributed by atoms with Crippen LogP contribution in [-0.4, -0.2) is 30.9 Å². The third kappa shape index (κ3) is 4.55. The van der Waals surface area contributed by atoms with Gasteiger partial charge in [0.25, 0.3) is 0 Å². The van der Waals surface area contributed by atoms with Crippen LogP contribution in [0.3, 0.4) is 0 Å². The Balaban J connectivity index is 2.74. The zero-order valence-electron chi connectivity index (χ0n) is 9.78. The van der Waals surface area contributed by atoms with Crippen LogP contribution in [0.2, 0.25) is 5.02 Å². The molecule has 1 aromatic carbocycles. The number of alkyl halides is 1. The summed E-state index contributed by atoms with van der Waals surface area (Å²) in [5.74, 6) is -1.13. The van der Waals surface area contributed by atoms with E-state index in [1.54, 1.807) is 24.3 Å². The summed E-state index contributed by atoms with van der Waals surface area (Å²) in [5.41, 5.74) is 0.865. The molecular weight excluding hydrogens is 277 g/mol. The topological polar surface area (TPSA) is 55.4 Å². The fourth-order valence-electron chi connectivity index (χ4n) is 1.42. The number of rotatable bonds is 5. The highest BCUT2D eigenvalue weighted by Gasteiger charge is 2.21. The lowest BCUT2D eigenvalue weighted by atomic mass is 10.1. The minimum atomic E-state index is -0.748. The van der Waals surface area contributed by atoms with E-state index in [0.29, 0.717) is 11.4 Å². The molecular formula is C12H13Cl2NO3. The molecule has 98 valence electrons. The zero-order valence-corrected chi connectivity index (χ0v) is 11.3. The van der Waals surface area contributed by atoms with Gasteiger partial charge in [-0.15, -0.1) is 11.6 Å². The average molecular weight is 290 g/mol. The van der Waals surface area contributed by atoms with Gasteiger partial charge in [0, 0.05) is 11.4 Å². The van der Waals surface area contributed by atoms with Crippen LogP contribution in [0.15, 0.2) is 24.3 Å². The minimum absolute atomic E-state index is 0.200. The van der Waals surface area contributed by atoms with E-state index >= 15 is 0 Å². The van der Waals surface area contributed by atoms with Gasteiger partial charge in [0.15, 0.2) is 0 Å². The van der Waals surface area contributed by atoms with Crippen LogP contribution in [0.25, 0.3) is 0 Å². The first kappa shape index (κ1) is 14.8. The fraction of sp³-hybridized carbons (Fsp3) is 0.333. The molecule has 0 radical (unpaired) electrons. The molecule has 18 heavy (non-hydrogen) atoms. The van der Waals surface area contributed by atoms with E-state index in [9.17, 15) is 9.59 Å². The number of esters is 1. The Morgan fingerprint density at radius 2 is 1.94 bits per heavy atom. The van der Waals surface area contributed by atoms with E-state index in [1.165, 1.54) is 7.11 Å². The van der Waals surface area contributed by atoms with Crippen LogP contribution in [0, 0.1) is 0 Å². The highest BCUT2D eigenvalue weighted by Crippen LogP contribution is 2.11. The van der Waals surface area contributed by atoms with Gasteiger partial charge in [-0.05, 0) is 17.7 Å². The normalized spacial score (nSPS) is 11.7. The number of hydrogen-bond acceptors (Lipinski definition) is 3. The second kappa shape index (κ2) is 7.24. The van der Waals surface area contributed by atoms with Crippen molar-refractivity contribution in [3.63, 3.8) is 0 Å². The second-order valence-corrected chi connectivity index (χ2v) is 4.31. The van der Waals surface area contributed by atoms with Gasteiger partial charge in [-0.2, -0.15) is 0 Å². The van der Waals surface area contributed by atoms with Crippen LogP contribution in [0.5, 0.6) is 0 Å². The molecule has 0 aliphatic rings. The van der Waals surface area contributed by atoms with Gasteiger partial charge in [0.1, 0.15) is 11.9 Å². The van der Waals surface area contributed by atoms with E-state index in [4.69, 9.17) is 23.2 Å². The predicted octanol–water partition coefficient (Wildman–Crippen LogP) is 1.78. The average Bonchev–Trinajstić information content (AvgIpc) is 2.39. The van der Waals surface area contributed by atoms with E-state index in [-0.39, 0.29) is 5.88 Å². The van der Waals surface area contributed by atoms with Crippen molar-refractivity contribution in [3.8, 4) is 0 Å². The van der Waals surface area contributed by atoms with Crippen LogP contribution < -0.4 is 5.32 Å². The van der Waals surface area contributed by atoms with Crippen LogP contribution in [0.4, 0.5) is 0 Å². The fourth-order valence-corrected chi connectivity index (χ4v) is 1.63. The standard InChI is InChI=1S/C12H13Cl2NO3/c1-18-12(17)10(15-11(16)7-13)6-8-2-4-9(14)5-3-8/h2-5,10H,6-7H2,1H3,(H,15,16)/t10-/m1/s1. The molecule has 1 N–H and O–H groups in total. The Bertz CT molecular complexity index is 420. The molecule has 0 heterocycles. The Hall–Kier alpha value is -1.26. The van der Waals surface area contributed by atoms with Crippen LogP contribution in [-0.2, 0) is 20.7 Å². The molecule has 0 aromatic heterocycles. The van der Waals surface area contributed by atoms with E-state index in [1.807, 2.05) is 0 Å². The largest absolute Gasteiger partial charge is 0.467 e. The number of amides is 1. The maximum Gasteiger partial charge on any atom is 0.328 e. The highest BCUT2D eigenvalue weighted by molar-refractivity contribution is 6.30. The van der Waals surface area contributed by atoms with Crippen molar-refractivity contribution in [2.45, 2.75) is 12.5 Å². The van der Waals surface area contributed by atoms with Gasteiger partial charge in [-0.1, -0.05) is 23.7 Å². The summed E-state index contributed by atoms with van der Waals surface area (Å²) in [6.45, 7) is 0. The third-order valence-corrected chi connectivity index (χ3v) is 2.79. The van der Waals surface area contributed by atoms with Gasteiger partial charge >= 0.3 is 5.97 Å². The van der Waals surface area contributed by atoms with Gasteiger partial charge in [0.2, 0.25) is 5.91 Å². The maximum absolute atomic E-state index is 11.5. The molecule has 4 nitrogen and oxygen atoms in total. The molecule has 0 spiro atoms. The van der Waals surface area contributed by atoms with Crippen molar-refractivity contribution in [3.05, 3.63) is 34.9 Å². The lowest BCUT2D eigenvalue weighted by molar-refractivity contribution is -0.144. The van der Waals surface area contributed by atoms with Crippen LogP contribution >= 0.6 is 23.2 Å². The smallest absolute Gasteiger partial charge is 0.328 e. The van der Waals surface area contributed by atoms with E-state index in [0.717, 1.165) is 5.56 Å². The summed E-state index contributed by atoms with van der Waals surface area (Å²) in [5, 5.41) is 3.11. The highest BCUT2D eigenvalue weighted by atomic mass is 35.5. The lowest BCUT2D eigenvalue weighted by Gasteiger charge is -2.15. The molecule has 0 unspecified atom stereocenters. The molecule has 6 heteroatoms. The molecule has 0 aliphatic carbocycles. The van der Waals surface area contributed by atoms with Crippen molar-refractivity contribution in [2.24, 2.45) is 0 Å². The molecule has 1 aromatic rings. The number of methoxy groups -OCH3 is 1. The first-order chi connectivity index (χ1) is 8.56. The third-order valence-electron chi connectivity index (χ3n) is 2.30. The zero-order chi connectivity index (χ0) is 13.5. The number of ether oxygens (including phenoxy) is 1. The molecule has 0 fully saturated rings. The summed E-state index contributed by atoms with van der Waals surface area (Å²) in [6, 6.07) is 6.25. The number of nitrogens with one attached hydrogen (secondary N) is 1. The number of carbonyl (C=O) groups is 2. The quantitative estimate of drug-likeness (QED) is 0.664. The lowest BCUT2D eigenvalue weighted by Crippen LogP contribution is -2.43. The molecule has 0 aliphatic heterocycles. The summed E-state index contributed by atoms with van der Waals surface area (Å²) in [7, 11) is 1.27. The summed E-state index contributed by atoms with van der Waals surface area (Å²) >= 11 is 11.2. The van der Waals surface area contributed by atoms with Crippen molar-refractivity contribution in [1.82, 2.24) is 5.32 Å². The maximum atomic E-state index is 11.5. The Morgan fingerprint density at radius 1 is 1.33 bits per heavy atom. The molecule has 1 atom stereocenters. The Morgan fingerprint density at radius 3 is 2.44 bits per heavy atom. The van der Waals surface area contributed by atoms with Crippen molar-refractivity contribution >= 4 is 35.1 Å². The van der Waals surface area contributed by atoms with Gasteiger partial charge in [-0.3, -0.25) is 4.79 Å². The SMILES string of the molecule is COC(=O)[C@@H](Cc1ccc(Cl)cc1)NC(=O)CCl. The number of carbonyl (C=O) groups excluding carboxylic acids is 2. The van der Waals surface area contributed by atoms with Gasteiger partial charge < -0.3 is 10.1 Å². The van der Waals surface area contributed by atoms with Crippen molar-refractivity contribution in [1.29, 1.82) is 0 Å². The first-order valence-electron chi connectivity index (χ1n) is 5.24. The molecule has 0 saturated carbocycles. The Kier molecular flexibility index (Phi) is 5.95. The van der Waals surface area contributed by atoms with E-state index in [2.05, 4.69) is 10.1 Å². The van der Waals surface area contributed by atoms with E-state index < -0.39 is 17.9 Å². The first-order valence-corrected chi connectivity index (χ1v) is 6.15. The number of hydrogen-bond donors (Lipinski definition) is 1. The molecule has 0 bridgehead atoms.